The molecule has 1 aromatic carbocycles. The van der Waals surface area contributed by atoms with Gasteiger partial charge in [0.05, 0.1) is 11.6 Å². The minimum absolute atomic E-state index is 0.0711. The Kier molecular flexibility index (Phi) is 4.53. The van der Waals surface area contributed by atoms with Gasteiger partial charge in [0, 0.05) is 11.6 Å². The Morgan fingerprint density at radius 3 is 2.31 bits per heavy atom. The maximum atomic E-state index is 11.8. The molecule has 0 aliphatic heterocycles. The molecule has 0 spiro atoms. The maximum Gasteiger partial charge on any atom is 0.251 e. The number of carbonyl (C=O) groups is 1. The quantitative estimate of drug-likeness (QED) is 0.840. The molecule has 0 radical (unpaired) electrons. The molecule has 0 fully saturated rings. The lowest BCUT2D eigenvalue weighted by atomic mass is 10.1. The fourth-order valence-electron chi connectivity index (χ4n) is 1.46. The number of hydrogen-bond donors (Lipinski definition) is 1. The van der Waals surface area contributed by atoms with Gasteiger partial charge in [-0.3, -0.25) is 4.79 Å². The largest absolute Gasteiger partial charge is 0.349 e. The van der Waals surface area contributed by atoms with Crippen LogP contribution in [0.3, 0.4) is 0 Å². The van der Waals surface area contributed by atoms with Crippen molar-refractivity contribution in [3.8, 4) is 6.07 Å². The van der Waals surface area contributed by atoms with E-state index in [4.69, 9.17) is 5.26 Å². The zero-order chi connectivity index (χ0) is 12.0. The van der Waals surface area contributed by atoms with Gasteiger partial charge in [0.25, 0.3) is 5.91 Å². The lowest BCUT2D eigenvalue weighted by molar-refractivity contribution is 0.0935. The average Bonchev–Trinajstić information content (AvgIpc) is 2.35. The number of rotatable bonds is 4. The van der Waals surface area contributed by atoms with Crippen LogP contribution in [0.5, 0.6) is 0 Å². The number of nitrogens with zero attached hydrogens (tertiary/aromatic N) is 1. The van der Waals surface area contributed by atoms with Gasteiger partial charge in [0.1, 0.15) is 0 Å². The smallest absolute Gasteiger partial charge is 0.251 e. The van der Waals surface area contributed by atoms with Crippen LogP contribution in [-0.2, 0) is 0 Å². The topological polar surface area (TPSA) is 52.9 Å². The second-order valence-electron chi connectivity index (χ2n) is 3.68. The molecule has 16 heavy (non-hydrogen) atoms. The van der Waals surface area contributed by atoms with Crippen LogP contribution in [-0.4, -0.2) is 11.9 Å². The van der Waals surface area contributed by atoms with Crippen molar-refractivity contribution in [1.29, 1.82) is 5.26 Å². The van der Waals surface area contributed by atoms with Crippen molar-refractivity contribution in [3.05, 3.63) is 35.4 Å². The van der Waals surface area contributed by atoms with Crippen molar-refractivity contribution >= 4 is 5.91 Å². The van der Waals surface area contributed by atoms with Gasteiger partial charge in [-0.2, -0.15) is 5.26 Å². The van der Waals surface area contributed by atoms with Crippen molar-refractivity contribution in [2.24, 2.45) is 0 Å². The van der Waals surface area contributed by atoms with Gasteiger partial charge >= 0.3 is 0 Å². The maximum absolute atomic E-state index is 11.8. The number of carbonyl (C=O) groups excluding carboxylic acids is 1. The monoisotopic (exact) mass is 216 g/mol. The van der Waals surface area contributed by atoms with Crippen molar-refractivity contribution in [2.75, 3.05) is 0 Å². The highest BCUT2D eigenvalue weighted by Crippen LogP contribution is 2.05. The second-order valence-corrected chi connectivity index (χ2v) is 3.68. The first-order valence-corrected chi connectivity index (χ1v) is 5.52. The van der Waals surface area contributed by atoms with E-state index in [0.29, 0.717) is 11.1 Å². The van der Waals surface area contributed by atoms with Gasteiger partial charge in [0.15, 0.2) is 0 Å². The van der Waals surface area contributed by atoms with E-state index < -0.39 is 0 Å². The van der Waals surface area contributed by atoms with Crippen LogP contribution in [0, 0.1) is 11.3 Å². The summed E-state index contributed by atoms with van der Waals surface area (Å²) in [5.74, 6) is -0.0711. The van der Waals surface area contributed by atoms with E-state index in [1.54, 1.807) is 24.3 Å². The number of amides is 1. The Morgan fingerprint density at radius 2 is 1.88 bits per heavy atom. The number of nitrogens with one attached hydrogen (secondary N) is 1. The Morgan fingerprint density at radius 1 is 1.31 bits per heavy atom. The molecule has 84 valence electrons. The van der Waals surface area contributed by atoms with Crippen LogP contribution in [0.15, 0.2) is 24.3 Å². The molecule has 0 saturated heterocycles. The van der Waals surface area contributed by atoms with Crippen LogP contribution in [0.25, 0.3) is 0 Å². The number of benzene rings is 1. The van der Waals surface area contributed by atoms with Crippen molar-refractivity contribution < 1.29 is 4.79 Å². The highest BCUT2D eigenvalue weighted by atomic mass is 16.1. The zero-order valence-electron chi connectivity index (χ0n) is 9.66. The SMILES string of the molecule is CCC(CC)NC(=O)c1ccc(C#N)cc1. The highest BCUT2D eigenvalue weighted by molar-refractivity contribution is 5.94. The molecule has 0 aliphatic rings. The molecule has 1 rings (SSSR count). The molecule has 0 saturated carbocycles. The summed E-state index contributed by atoms with van der Waals surface area (Å²) < 4.78 is 0. The van der Waals surface area contributed by atoms with E-state index in [-0.39, 0.29) is 11.9 Å². The van der Waals surface area contributed by atoms with Crippen molar-refractivity contribution in [1.82, 2.24) is 5.32 Å². The van der Waals surface area contributed by atoms with E-state index in [0.717, 1.165) is 12.8 Å². The van der Waals surface area contributed by atoms with E-state index in [1.165, 1.54) is 0 Å². The van der Waals surface area contributed by atoms with Crippen LogP contribution in [0.2, 0.25) is 0 Å². The molecule has 0 aromatic heterocycles. The van der Waals surface area contributed by atoms with Gasteiger partial charge in [-0.05, 0) is 37.1 Å². The second kappa shape index (κ2) is 5.92. The molecule has 0 unspecified atom stereocenters. The lowest BCUT2D eigenvalue weighted by Gasteiger charge is -2.14. The molecule has 3 heteroatoms. The molecule has 3 nitrogen and oxygen atoms in total. The lowest BCUT2D eigenvalue weighted by Crippen LogP contribution is -2.33. The zero-order valence-corrected chi connectivity index (χ0v) is 9.66. The first-order chi connectivity index (χ1) is 7.71. The molecule has 0 atom stereocenters. The third-order valence-electron chi connectivity index (χ3n) is 2.60. The molecule has 0 bridgehead atoms. The summed E-state index contributed by atoms with van der Waals surface area (Å²) in [6, 6.07) is 8.91. The van der Waals surface area contributed by atoms with E-state index in [2.05, 4.69) is 5.32 Å². The predicted molar refractivity (Wildman–Crippen MR) is 63.0 cm³/mol. The summed E-state index contributed by atoms with van der Waals surface area (Å²) in [6.07, 6.45) is 1.86. The normalized spacial score (nSPS) is 9.88. The van der Waals surface area contributed by atoms with Crippen molar-refractivity contribution in [2.45, 2.75) is 32.7 Å². The first kappa shape index (κ1) is 12.3. The van der Waals surface area contributed by atoms with Crippen LogP contribution in [0.1, 0.15) is 42.6 Å². The summed E-state index contributed by atoms with van der Waals surface area (Å²) >= 11 is 0. The average molecular weight is 216 g/mol. The number of nitriles is 1. The highest BCUT2D eigenvalue weighted by Gasteiger charge is 2.09. The Balaban J connectivity index is 2.70. The molecular formula is C13H16N2O. The standard InChI is InChI=1S/C13H16N2O/c1-3-12(4-2)15-13(16)11-7-5-10(9-14)6-8-11/h5-8,12H,3-4H2,1-2H3,(H,15,16). The molecule has 1 N–H and O–H groups in total. The summed E-state index contributed by atoms with van der Waals surface area (Å²) in [7, 11) is 0. The molecule has 0 aliphatic carbocycles. The minimum atomic E-state index is -0.0711. The van der Waals surface area contributed by atoms with Crippen LogP contribution >= 0.6 is 0 Å². The van der Waals surface area contributed by atoms with E-state index in [1.807, 2.05) is 19.9 Å². The van der Waals surface area contributed by atoms with Gasteiger partial charge < -0.3 is 5.32 Å². The first-order valence-electron chi connectivity index (χ1n) is 5.52. The Bertz CT molecular complexity index is 385. The fraction of sp³-hybridized carbons (Fsp3) is 0.385. The van der Waals surface area contributed by atoms with E-state index >= 15 is 0 Å². The van der Waals surface area contributed by atoms with E-state index in [9.17, 15) is 4.79 Å². The van der Waals surface area contributed by atoms with Gasteiger partial charge in [-0.15, -0.1) is 0 Å². The van der Waals surface area contributed by atoms with Gasteiger partial charge in [-0.1, -0.05) is 13.8 Å². The summed E-state index contributed by atoms with van der Waals surface area (Å²) in [5.41, 5.74) is 1.17. The Hall–Kier alpha value is -1.82. The van der Waals surface area contributed by atoms with Crippen LogP contribution < -0.4 is 5.32 Å². The third kappa shape index (κ3) is 3.09. The molecule has 1 amide bonds. The molecule has 1 aromatic rings. The minimum Gasteiger partial charge on any atom is -0.349 e. The van der Waals surface area contributed by atoms with Gasteiger partial charge in [-0.25, -0.2) is 0 Å². The molecule has 0 heterocycles. The van der Waals surface area contributed by atoms with Gasteiger partial charge in [0.2, 0.25) is 0 Å². The fourth-order valence-corrected chi connectivity index (χ4v) is 1.46. The van der Waals surface area contributed by atoms with Crippen molar-refractivity contribution in [3.63, 3.8) is 0 Å². The molecular weight excluding hydrogens is 200 g/mol. The predicted octanol–water partition coefficient (Wildman–Crippen LogP) is 2.48. The summed E-state index contributed by atoms with van der Waals surface area (Å²) in [6.45, 7) is 4.10. The summed E-state index contributed by atoms with van der Waals surface area (Å²) in [5, 5.41) is 11.6. The third-order valence-corrected chi connectivity index (χ3v) is 2.60. The Labute approximate surface area is 96.1 Å². The number of hydrogen-bond acceptors (Lipinski definition) is 2. The summed E-state index contributed by atoms with van der Waals surface area (Å²) in [4.78, 5) is 11.8. The van der Waals surface area contributed by atoms with Crippen LogP contribution in [0.4, 0.5) is 0 Å².